The van der Waals surface area contributed by atoms with E-state index in [0.29, 0.717) is 5.39 Å². The van der Waals surface area contributed by atoms with Crippen LogP contribution in [0.1, 0.15) is 55.8 Å². The van der Waals surface area contributed by atoms with Crippen LogP contribution in [0.5, 0.6) is 0 Å². The van der Waals surface area contributed by atoms with E-state index in [-0.39, 0.29) is 47.9 Å². The number of nitrogens with one attached hydrogen (secondary N) is 1. The summed E-state index contributed by atoms with van der Waals surface area (Å²) in [6.07, 6.45) is -1.53. The normalized spacial score (nSPS) is 20.1. The zero-order valence-corrected chi connectivity index (χ0v) is 21.5. The van der Waals surface area contributed by atoms with Gasteiger partial charge in [0.2, 0.25) is 5.91 Å². The highest BCUT2D eigenvalue weighted by Crippen LogP contribution is 2.41. The van der Waals surface area contributed by atoms with E-state index in [1.807, 2.05) is 0 Å². The number of piperidine rings is 1. The minimum Gasteiger partial charge on any atom is -0.373 e. The van der Waals surface area contributed by atoms with Gasteiger partial charge in [0.05, 0.1) is 38.2 Å². The molecular weight excluding hydrogens is 497 g/mol. The lowest BCUT2D eigenvalue weighted by molar-refractivity contribution is -0.139. The zero-order chi connectivity index (χ0) is 28.0. The summed E-state index contributed by atoms with van der Waals surface area (Å²) in [4.78, 5) is 35.4. The number of benzene rings is 1. The number of methoxy groups -OCH3 is 1. The quantitative estimate of drug-likeness (QED) is 0.500. The van der Waals surface area contributed by atoms with Crippen LogP contribution in [0.25, 0.3) is 11.0 Å². The molecule has 4 radical (unpaired) electrons. The molecule has 1 amide bonds. The molecule has 3 aromatic rings. The first-order chi connectivity index (χ1) is 17.8. The fourth-order valence-corrected chi connectivity index (χ4v) is 5.17. The summed E-state index contributed by atoms with van der Waals surface area (Å²) in [7, 11) is 15.5. The van der Waals surface area contributed by atoms with Gasteiger partial charge in [-0.05, 0) is 31.2 Å². The molecule has 196 valence electrons. The predicted molar refractivity (Wildman–Crippen MR) is 138 cm³/mol. The van der Waals surface area contributed by atoms with Crippen LogP contribution in [-0.2, 0) is 22.2 Å². The fourth-order valence-electron chi connectivity index (χ4n) is 5.17. The minimum atomic E-state index is -2.96. The first kappa shape index (κ1) is 27.7. The van der Waals surface area contributed by atoms with E-state index in [1.54, 1.807) is 13.0 Å². The number of aromatic nitrogens is 3. The van der Waals surface area contributed by atoms with E-state index < -0.39 is 40.3 Å². The molecule has 1 aromatic carbocycles. The maximum Gasteiger partial charge on any atom is 0.266 e. The Bertz CT molecular complexity index is 1450. The van der Waals surface area contributed by atoms with Crippen LogP contribution in [0.2, 0.25) is 0 Å². The number of rotatable bonds is 6. The highest BCUT2D eigenvalue weighted by Gasteiger charge is 2.47. The van der Waals surface area contributed by atoms with Crippen LogP contribution in [0.3, 0.4) is 0 Å². The lowest BCUT2D eigenvalue weighted by Crippen LogP contribution is -2.62. The van der Waals surface area contributed by atoms with Gasteiger partial charge in [0.15, 0.2) is 0 Å². The van der Waals surface area contributed by atoms with E-state index >= 15 is 0 Å². The van der Waals surface area contributed by atoms with E-state index in [2.05, 4.69) is 15.3 Å². The summed E-state index contributed by atoms with van der Waals surface area (Å²) >= 11 is 0. The molecule has 2 atom stereocenters. The maximum absolute atomic E-state index is 14.8. The number of carbonyl (C=O) groups excluding carboxylic acids is 1. The van der Waals surface area contributed by atoms with Gasteiger partial charge in [-0.1, -0.05) is 18.2 Å². The van der Waals surface area contributed by atoms with Crippen molar-refractivity contribution < 1.29 is 22.7 Å². The van der Waals surface area contributed by atoms with Gasteiger partial charge in [-0.15, -0.1) is 0 Å². The highest BCUT2D eigenvalue weighted by molar-refractivity contribution is 6.41. The minimum absolute atomic E-state index is 0.0284. The Hall–Kier alpha value is -3.34. The molecule has 3 heterocycles. The Morgan fingerprint density at radius 1 is 1.24 bits per heavy atom. The molecule has 38 heavy (non-hydrogen) atoms. The molecule has 1 saturated heterocycles. The SMILES string of the molecule is [B]C1([B])CC(OC)(c2cc3c(N[C@H](C)c4cccc(C(F)F)c4F)ncnc3n(C)c2=O)CCN1C(C)=O. The van der Waals surface area contributed by atoms with Gasteiger partial charge < -0.3 is 15.0 Å². The first-order valence-electron chi connectivity index (χ1n) is 11.9. The van der Waals surface area contributed by atoms with E-state index in [0.717, 1.165) is 6.07 Å². The second-order valence-electron chi connectivity index (χ2n) is 9.59. The van der Waals surface area contributed by atoms with E-state index in [4.69, 9.17) is 20.4 Å². The fraction of sp³-hybridized carbons (Fsp3) is 0.440. The van der Waals surface area contributed by atoms with Crippen molar-refractivity contribution in [1.29, 1.82) is 0 Å². The van der Waals surface area contributed by atoms with Gasteiger partial charge in [-0.25, -0.2) is 23.1 Å². The molecule has 1 aliphatic rings. The highest BCUT2D eigenvalue weighted by atomic mass is 19.3. The van der Waals surface area contributed by atoms with Gasteiger partial charge in [-0.3, -0.25) is 14.2 Å². The van der Waals surface area contributed by atoms with Crippen molar-refractivity contribution in [2.45, 2.75) is 50.1 Å². The molecule has 1 fully saturated rings. The molecule has 1 N–H and O–H groups in total. The number of aryl methyl sites for hydroxylation is 1. The van der Waals surface area contributed by atoms with Crippen LogP contribution >= 0.6 is 0 Å². The summed E-state index contributed by atoms with van der Waals surface area (Å²) in [5.74, 6) is -1.06. The second kappa shape index (κ2) is 10.1. The molecule has 1 aliphatic heterocycles. The van der Waals surface area contributed by atoms with Crippen LogP contribution in [0.15, 0.2) is 35.4 Å². The number of nitrogens with zero attached hydrogens (tertiary/aromatic N) is 4. The molecule has 2 aromatic heterocycles. The van der Waals surface area contributed by atoms with Crippen molar-refractivity contribution >= 4 is 38.5 Å². The van der Waals surface area contributed by atoms with Gasteiger partial charge in [0, 0.05) is 33.2 Å². The first-order valence-corrected chi connectivity index (χ1v) is 11.9. The molecule has 8 nitrogen and oxygen atoms in total. The Balaban J connectivity index is 1.81. The lowest BCUT2D eigenvalue weighted by atomic mass is 9.53. The van der Waals surface area contributed by atoms with Gasteiger partial charge in [0.1, 0.15) is 29.2 Å². The van der Waals surface area contributed by atoms with Crippen molar-refractivity contribution in [3.8, 4) is 0 Å². The van der Waals surface area contributed by atoms with Crippen LogP contribution in [0, 0.1) is 5.82 Å². The molecule has 0 saturated carbocycles. The summed E-state index contributed by atoms with van der Waals surface area (Å²) in [6, 6.07) is 4.62. The predicted octanol–water partition coefficient (Wildman–Crippen LogP) is 3.05. The Morgan fingerprint density at radius 3 is 2.53 bits per heavy atom. The van der Waals surface area contributed by atoms with Gasteiger partial charge in [0.25, 0.3) is 12.0 Å². The molecule has 1 unspecified atom stereocenters. The summed E-state index contributed by atoms with van der Waals surface area (Å²) in [5, 5.41) is 1.90. The second-order valence-corrected chi connectivity index (χ2v) is 9.59. The number of carbonyl (C=O) groups is 1. The van der Waals surface area contributed by atoms with Crippen molar-refractivity contribution in [2.24, 2.45) is 7.05 Å². The molecule has 4 rings (SSSR count). The number of hydrogen-bond donors (Lipinski definition) is 1. The topological polar surface area (TPSA) is 89.3 Å². The van der Waals surface area contributed by atoms with Crippen LogP contribution in [-0.4, -0.2) is 60.0 Å². The molecule has 0 bridgehead atoms. The average Bonchev–Trinajstić information content (AvgIpc) is 2.85. The summed E-state index contributed by atoms with van der Waals surface area (Å²) in [5.41, 5.74) is -1.78. The number of ether oxygens (including phenoxy) is 1. The third-order valence-corrected chi connectivity index (χ3v) is 7.19. The van der Waals surface area contributed by atoms with Crippen molar-refractivity contribution in [3.05, 3.63) is 63.5 Å². The number of anilines is 1. The van der Waals surface area contributed by atoms with Gasteiger partial charge >= 0.3 is 0 Å². The monoisotopic (exact) mass is 523 g/mol. The molecular formula is C25H26B2F3N5O3. The van der Waals surface area contributed by atoms with Crippen molar-refractivity contribution in [3.63, 3.8) is 0 Å². The Morgan fingerprint density at radius 2 is 1.92 bits per heavy atom. The number of amides is 1. The number of hydrogen-bond acceptors (Lipinski definition) is 6. The maximum atomic E-state index is 14.8. The third-order valence-electron chi connectivity index (χ3n) is 7.19. The van der Waals surface area contributed by atoms with Crippen molar-refractivity contribution in [1.82, 2.24) is 19.4 Å². The number of pyridine rings is 1. The van der Waals surface area contributed by atoms with E-state index in [1.165, 1.54) is 49.0 Å². The van der Waals surface area contributed by atoms with Crippen LogP contribution in [0.4, 0.5) is 19.0 Å². The smallest absolute Gasteiger partial charge is 0.266 e. The van der Waals surface area contributed by atoms with Crippen LogP contribution < -0.4 is 10.9 Å². The number of halogens is 3. The zero-order valence-electron chi connectivity index (χ0n) is 21.5. The number of fused-ring (bicyclic) bond motifs is 1. The lowest BCUT2D eigenvalue weighted by Gasteiger charge is -2.51. The third kappa shape index (κ3) is 4.68. The molecule has 13 heteroatoms. The van der Waals surface area contributed by atoms with Crippen molar-refractivity contribution in [2.75, 3.05) is 19.0 Å². The molecule has 0 aliphatic carbocycles. The van der Waals surface area contributed by atoms with Gasteiger partial charge in [-0.2, -0.15) is 0 Å². The Kier molecular flexibility index (Phi) is 7.35. The average molecular weight is 523 g/mol. The molecule has 0 spiro atoms. The summed E-state index contributed by atoms with van der Waals surface area (Å²) < 4.78 is 48.5. The largest absolute Gasteiger partial charge is 0.373 e. The van der Waals surface area contributed by atoms with E-state index in [9.17, 15) is 22.8 Å². The summed E-state index contributed by atoms with van der Waals surface area (Å²) in [6.45, 7) is 3.12. The number of alkyl halides is 2. The standard InChI is InChI=1S/C25H26B2F3N5O3/c1-13(15-6-5-7-16(19(15)28)20(29)30)33-21-17-10-18(23(37)34(3)22(17)32-12-31-21)24(38-4)8-9-35(14(2)36)25(26,27)11-24/h5-7,10,12-13,20H,8-9,11H2,1-4H3,(H,31,32,33)/t13-,24?/m1/s1. The number of likely N-dealkylation sites (tertiary alicyclic amines) is 1. The Labute approximate surface area is 220 Å².